The van der Waals surface area contributed by atoms with Gasteiger partial charge in [-0.15, -0.1) is 11.3 Å². The summed E-state index contributed by atoms with van der Waals surface area (Å²) in [5, 5.41) is 4.77. The number of hydrogen-bond donors (Lipinski definition) is 1. The molecule has 0 saturated carbocycles. The number of benzene rings is 2. The molecular formula is C25H19FN2O3S. The number of thiophene rings is 1. The number of aromatic nitrogens is 1. The van der Waals surface area contributed by atoms with Crippen LogP contribution in [0.5, 0.6) is 0 Å². The molecule has 0 aliphatic carbocycles. The van der Waals surface area contributed by atoms with Crippen molar-refractivity contribution in [3.8, 4) is 16.1 Å². The van der Waals surface area contributed by atoms with E-state index in [1.807, 2.05) is 36.6 Å². The number of amides is 1. The molecule has 0 aliphatic heterocycles. The number of carbonyl (C=O) groups excluding carboxylic acids is 2. The van der Waals surface area contributed by atoms with Gasteiger partial charge in [0.05, 0.1) is 17.3 Å². The molecule has 1 atom stereocenters. The number of hydrogen-bond acceptors (Lipinski definition) is 4. The summed E-state index contributed by atoms with van der Waals surface area (Å²) in [6.07, 6.45) is 2.16. The van der Waals surface area contributed by atoms with Crippen molar-refractivity contribution in [2.24, 2.45) is 0 Å². The predicted molar refractivity (Wildman–Crippen MR) is 123 cm³/mol. The number of rotatable bonds is 6. The highest BCUT2D eigenvalue weighted by atomic mass is 32.1. The Bertz CT molecular complexity index is 1360. The molecule has 1 N–H and O–H groups in total. The summed E-state index contributed by atoms with van der Waals surface area (Å²) >= 11 is 1.48. The fourth-order valence-corrected chi connectivity index (χ4v) is 4.28. The van der Waals surface area contributed by atoms with Crippen LogP contribution < -0.4 is 10.9 Å². The summed E-state index contributed by atoms with van der Waals surface area (Å²) in [7, 11) is 0. The topological polar surface area (TPSA) is 68.2 Å². The smallest absolute Gasteiger partial charge is 0.255 e. The minimum Gasteiger partial charge on any atom is -0.345 e. The van der Waals surface area contributed by atoms with Crippen LogP contribution in [-0.2, 0) is 0 Å². The molecule has 4 rings (SSSR count). The highest BCUT2D eigenvalue weighted by Gasteiger charge is 2.15. The lowest BCUT2D eigenvalue weighted by atomic mass is 10.0. The second kappa shape index (κ2) is 9.11. The molecule has 0 fully saturated rings. The highest BCUT2D eigenvalue weighted by molar-refractivity contribution is 7.14. The van der Waals surface area contributed by atoms with Gasteiger partial charge in [-0.25, -0.2) is 4.39 Å². The molecule has 0 spiro atoms. The first-order chi connectivity index (χ1) is 15.5. The lowest BCUT2D eigenvalue weighted by Crippen LogP contribution is -2.28. The van der Waals surface area contributed by atoms with Crippen LogP contribution in [0.1, 0.15) is 39.2 Å². The maximum atomic E-state index is 14.1. The zero-order valence-corrected chi connectivity index (χ0v) is 17.9. The molecule has 0 aliphatic rings. The summed E-state index contributed by atoms with van der Waals surface area (Å²) in [5.41, 5.74) is 2.26. The maximum Gasteiger partial charge on any atom is 0.255 e. The van der Waals surface area contributed by atoms with E-state index in [-0.39, 0.29) is 17.3 Å². The van der Waals surface area contributed by atoms with Crippen molar-refractivity contribution in [3.63, 3.8) is 0 Å². The monoisotopic (exact) mass is 446 g/mol. The number of aldehydes is 1. The molecular weight excluding hydrogens is 427 g/mol. The highest BCUT2D eigenvalue weighted by Crippen LogP contribution is 2.30. The largest absolute Gasteiger partial charge is 0.345 e. The van der Waals surface area contributed by atoms with E-state index < -0.39 is 17.3 Å². The van der Waals surface area contributed by atoms with Crippen LogP contribution in [0, 0.1) is 5.82 Å². The van der Waals surface area contributed by atoms with Crippen molar-refractivity contribution in [2.75, 3.05) is 0 Å². The number of pyridine rings is 1. The Morgan fingerprint density at radius 2 is 1.91 bits per heavy atom. The zero-order chi connectivity index (χ0) is 22.7. The summed E-state index contributed by atoms with van der Waals surface area (Å²) in [6, 6.07) is 17.6. The molecule has 1 amide bonds. The SMILES string of the molecule is C[C@@H](NC(=O)c1ccc(=O)n(-c2ccccc2F)c1)c1cccc(-c2sccc2C=O)c1. The number of nitrogens with one attached hydrogen (secondary N) is 1. The second-order valence-corrected chi connectivity index (χ2v) is 8.14. The van der Waals surface area contributed by atoms with E-state index >= 15 is 0 Å². The lowest BCUT2D eigenvalue weighted by Gasteiger charge is -2.16. The fourth-order valence-electron chi connectivity index (χ4n) is 3.42. The van der Waals surface area contributed by atoms with Crippen molar-refractivity contribution in [1.82, 2.24) is 9.88 Å². The summed E-state index contributed by atoms with van der Waals surface area (Å²) in [4.78, 5) is 37.2. The Labute approximate surface area is 187 Å². The van der Waals surface area contributed by atoms with Gasteiger partial charge in [0.1, 0.15) is 5.82 Å². The van der Waals surface area contributed by atoms with E-state index in [0.717, 1.165) is 26.9 Å². The maximum absolute atomic E-state index is 14.1. The van der Waals surface area contributed by atoms with Crippen LogP contribution in [0.15, 0.2) is 83.1 Å². The van der Waals surface area contributed by atoms with E-state index in [2.05, 4.69) is 5.32 Å². The third-order valence-electron chi connectivity index (χ3n) is 5.10. The van der Waals surface area contributed by atoms with Crippen LogP contribution in [0.4, 0.5) is 4.39 Å². The van der Waals surface area contributed by atoms with Gasteiger partial charge in [0.2, 0.25) is 0 Å². The molecule has 160 valence electrons. The van der Waals surface area contributed by atoms with Crippen LogP contribution in [-0.4, -0.2) is 16.8 Å². The third kappa shape index (κ3) is 4.29. The Morgan fingerprint density at radius 1 is 1.09 bits per heavy atom. The third-order valence-corrected chi connectivity index (χ3v) is 6.08. The van der Waals surface area contributed by atoms with Crippen molar-refractivity contribution in [1.29, 1.82) is 0 Å². The van der Waals surface area contributed by atoms with Crippen molar-refractivity contribution < 1.29 is 14.0 Å². The van der Waals surface area contributed by atoms with Crippen LogP contribution >= 0.6 is 11.3 Å². The van der Waals surface area contributed by atoms with E-state index in [4.69, 9.17) is 0 Å². The Morgan fingerprint density at radius 3 is 2.69 bits per heavy atom. The van der Waals surface area contributed by atoms with Crippen LogP contribution in [0.25, 0.3) is 16.1 Å². The van der Waals surface area contributed by atoms with Gasteiger partial charge in [-0.1, -0.05) is 30.3 Å². The van der Waals surface area contributed by atoms with Gasteiger partial charge in [-0.3, -0.25) is 19.0 Å². The first kappa shape index (κ1) is 21.4. The van der Waals surface area contributed by atoms with Gasteiger partial charge in [-0.05, 0) is 53.8 Å². The molecule has 2 heterocycles. The van der Waals surface area contributed by atoms with Gasteiger partial charge < -0.3 is 5.32 Å². The minimum atomic E-state index is -0.555. The van der Waals surface area contributed by atoms with Gasteiger partial charge in [0.25, 0.3) is 11.5 Å². The number of halogens is 1. The van der Waals surface area contributed by atoms with Gasteiger partial charge in [0.15, 0.2) is 6.29 Å². The average Bonchev–Trinajstić information content (AvgIpc) is 3.29. The van der Waals surface area contributed by atoms with Crippen molar-refractivity contribution in [3.05, 3.63) is 111 Å². The first-order valence-corrected chi connectivity index (χ1v) is 10.8. The molecule has 5 nitrogen and oxygen atoms in total. The fraction of sp³-hybridized carbons (Fsp3) is 0.0800. The Kier molecular flexibility index (Phi) is 6.09. The summed E-state index contributed by atoms with van der Waals surface area (Å²) in [6.45, 7) is 1.85. The van der Waals surface area contributed by atoms with Crippen LogP contribution in [0.2, 0.25) is 0 Å². The van der Waals surface area contributed by atoms with E-state index in [9.17, 15) is 18.8 Å². The number of nitrogens with zero attached hydrogens (tertiary/aromatic N) is 1. The Hall–Kier alpha value is -3.84. The first-order valence-electron chi connectivity index (χ1n) is 9.89. The minimum absolute atomic E-state index is 0.0785. The zero-order valence-electron chi connectivity index (χ0n) is 17.1. The van der Waals surface area contributed by atoms with E-state index in [0.29, 0.717) is 5.56 Å². The lowest BCUT2D eigenvalue weighted by molar-refractivity contribution is 0.0939. The number of para-hydroxylation sites is 1. The standard InChI is InChI=1S/C25H19FN2O3S/c1-16(17-5-4-6-18(13-17)24-20(15-29)11-12-32-24)27-25(31)19-9-10-23(30)28(14-19)22-8-3-2-7-21(22)26/h2-16H,1H3,(H,27,31)/t16-/m1/s1. The van der Waals surface area contributed by atoms with Gasteiger partial charge >= 0.3 is 0 Å². The van der Waals surface area contributed by atoms with Crippen molar-refractivity contribution >= 4 is 23.5 Å². The molecule has 4 aromatic rings. The molecule has 2 aromatic heterocycles. The quantitative estimate of drug-likeness (QED) is 0.424. The Balaban J connectivity index is 1.58. The van der Waals surface area contributed by atoms with E-state index in [1.54, 1.807) is 12.1 Å². The molecule has 2 aromatic carbocycles. The average molecular weight is 447 g/mol. The summed E-state index contributed by atoms with van der Waals surface area (Å²) < 4.78 is 15.3. The normalized spacial score (nSPS) is 11.7. The molecule has 0 saturated heterocycles. The second-order valence-electron chi connectivity index (χ2n) is 7.22. The van der Waals surface area contributed by atoms with Gasteiger partial charge in [0, 0.05) is 22.7 Å². The molecule has 0 unspecified atom stereocenters. The number of carbonyl (C=O) groups is 2. The predicted octanol–water partition coefficient (Wildman–Crippen LogP) is 5.01. The molecule has 32 heavy (non-hydrogen) atoms. The molecule has 0 radical (unpaired) electrons. The summed E-state index contributed by atoms with van der Waals surface area (Å²) in [5.74, 6) is -0.946. The molecule has 0 bridgehead atoms. The van der Waals surface area contributed by atoms with Crippen LogP contribution in [0.3, 0.4) is 0 Å². The van der Waals surface area contributed by atoms with Gasteiger partial charge in [-0.2, -0.15) is 0 Å². The van der Waals surface area contributed by atoms with Crippen molar-refractivity contribution in [2.45, 2.75) is 13.0 Å². The van der Waals surface area contributed by atoms with E-state index in [1.165, 1.54) is 47.9 Å². The molecule has 7 heteroatoms.